The van der Waals surface area contributed by atoms with E-state index >= 15 is 0 Å². The molecule has 0 spiro atoms. The van der Waals surface area contributed by atoms with Crippen molar-refractivity contribution in [3.8, 4) is 11.1 Å². The molecular formula is C29H41N3O2S. The monoisotopic (exact) mass is 495 g/mol. The maximum absolute atomic E-state index is 12.0. The smallest absolute Gasteiger partial charge is 0.147 e. The Morgan fingerprint density at radius 3 is 2.63 bits per heavy atom. The first-order valence-corrected chi connectivity index (χ1v) is 13.8. The minimum atomic E-state index is -0.518. The van der Waals surface area contributed by atoms with E-state index in [9.17, 15) is 4.79 Å². The van der Waals surface area contributed by atoms with Crippen LogP contribution in [0.1, 0.15) is 69.9 Å². The second kappa shape index (κ2) is 13.8. The summed E-state index contributed by atoms with van der Waals surface area (Å²) in [6.45, 7) is 6.24. The topological polar surface area (TPSA) is 53.9 Å². The number of hydrogen-bond donors (Lipinski definition) is 1. The predicted octanol–water partition coefficient (Wildman–Crippen LogP) is 6.65. The molecule has 1 aliphatic carbocycles. The summed E-state index contributed by atoms with van der Waals surface area (Å²) in [6.07, 6.45) is 8.10. The number of carbonyl (C=O) groups is 1. The molecule has 35 heavy (non-hydrogen) atoms. The number of nitrogens with one attached hydrogen (secondary N) is 1. The lowest BCUT2D eigenvalue weighted by atomic mass is 9.97. The summed E-state index contributed by atoms with van der Waals surface area (Å²) in [7, 11) is 4.05. The van der Waals surface area contributed by atoms with Crippen LogP contribution in [0.5, 0.6) is 0 Å². The van der Waals surface area contributed by atoms with Gasteiger partial charge in [0, 0.05) is 31.5 Å². The molecule has 2 aromatic carbocycles. The Morgan fingerprint density at radius 1 is 1.17 bits per heavy atom. The number of carbonyl (C=O) groups excluding carboxylic acids is 1. The average molecular weight is 496 g/mol. The van der Waals surface area contributed by atoms with E-state index in [-0.39, 0.29) is 0 Å². The molecule has 0 heterocycles. The van der Waals surface area contributed by atoms with Crippen molar-refractivity contribution in [2.75, 3.05) is 20.7 Å². The lowest BCUT2D eigenvalue weighted by Crippen LogP contribution is -2.33. The van der Waals surface area contributed by atoms with E-state index in [4.69, 9.17) is 9.73 Å². The molecule has 3 rings (SSSR count). The van der Waals surface area contributed by atoms with Crippen molar-refractivity contribution in [3.05, 3.63) is 53.6 Å². The van der Waals surface area contributed by atoms with Gasteiger partial charge >= 0.3 is 0 Å². The first kappa shape index (κ1) is 27.4. The van der Waals surface area contributed by atoms with Crippen LogP contribution < -0.4 is 4.72 Å². The molecule has 0 radical (unpaired) electrons. The highest BCUT2D eigenvalue weighted by Gasteiger charge is 2.33. The van der Waals surface area contributed by atoms with E-state index in [0.29, 0.717) is 13.2 Å². The lowest BCUT2D eigenvalue weighted by molar-refractivity contribution is -0.112. The second-order valence-electron chi connectivity index (χ2n) is 9.35. The van der Waals surface area contributed by atoms with Crippen LogP contribution in [-0.4, -0.2) is 43.3 Å². The number of ether oxygens (including phenoxy) is 1. The van der Waals surface area contributed by atoms with Crippen LogP contribution in [0.15, 0.2) is 52.4 Å². The Bertz CT molecular complexity index is 986. The average Bonchev–Trinajstić information content (AvgIpc) is 3.35. The van der Waals surface area contributed by atoms with Crippen molar-refractivity contribution in [3.63, 3.8) is 0 Å². The third kappa shape index (κ3) is 7.42. The van der Waals surface area contributed by atoms with Crippen LogP contribution in [-0.2, 0) is 22.7 Å². The van der Waals surface area contributed by atoms with Crippen LogP contribution >= 0.6 is 11.9 Å². The number of benzene rings is 2. The fourth-order valence-corrected chi connectivity index (χ4v) is 5.41. The zero-order valence-corrected chi connectivity index (χ0v) is 22.6. The molecule has 190 valence electrons. The number of unbranched alkanes of at least 4 members (excludes halogenated alkanes) is 1. The molecule has 0 aromatic heterocycles. The minimum absolute atomic E-state index is 0.518. The maximum Gasteiger partial charge on any atom is 0.147 e. The Hall–Kier alpha value is -2.15. The molecule has 1 N–H and O–H groups in total. The Kier molecular flexibility index (Phi) is 10.8. The van der Waals surface area contributed by atoms with E-state index in [1.807, 2.05) is 14.0 Å². The van der Waals surface area contributed by atoms with Crippen LogP contribution in [0.3, 0.4) is 0 Å². The van der Waals surface area contributed by atoms with Crippen molar-refractivity contribution in [1.29, 1.82) is 0 Å². The lowest BCUT2D eigenvalue weighted by Gasteiger charge is -2.26. The van der Waals surface area contributed by atoms with Crippen LogP contribution in [0.25, 0.3) is 11.1 Å². The summed E-state index contributed by atoms with van der Waals surface area (Å²) in [5.41, 5.74) is 4.31. The summed E-state index contributed by atoms with van der Waals surface area (Å²) in [6, 6.07) is 15.2. The Labute approximate surface area is 215 Å². The molecule has 0 amide bonds. The summed E-state index contributed by atoms with van der Waals surface area (Å²) < 4.78 is 9.06. The normalized spacial score (nSPS) is 15.4. The number of aliphatic imine (C=N–C) groups is 1. The highest BCUT2D eigenvalue weighted by Crippen LogP contribution is 2.34. The number of hydrogen-bond acceptors (Lipinski definition) is 5. The van der Waals surface area contributed by atoms with Gasteiger partial charge in [0.15, 0.2) is 0 Å². The summed E-state index contributed by atoms with van der Waals surface area (Å²) in [5, 5.41) is 0. The highest BCUT2D eigenvalue weighted by atomic mass is 32.2. The van der Waals surface area contributed by atoms with E-state index in [1.54, 1.807) is 11.9 Å². The largest absolute Gasteiger partial charge is 0.377 e. The third-order valence-electron chi connectivity index (χ3n) is 6.68. The van der Waals surface area contributed by atoms with Gasteiger partial charge in [-0.1, -0.05) is 62.6 Å². The van der Waals surface area contributed by atoms with Gasteiger partial charge in [0.2, 0.25) is 0 Å². The van der Waals surface area contributed by atoms with Crippen LogP contribution in [0.2, 0.25) is 0 Å². The van der Waals surface area contributed by atoms with Crippen LogP contribution in [0, 0.1) is 0 Å². The number of aldehydes is 1. The van der Waals surface area contributed by atoms with Gasteiger partial charge in [-0.2, -0.15) is 0 Å². The quantitative estimate of drug-likeness (QED) is 0.146. The summed E-state index contributed by atoms with van der Waals surface area (Å²) in [4.78, 5) is 20.5. The zero-order chi connectivity index (χ0) is 25.1. The number of nitrogens with zero attached hydrogens (tertiary/aromatic N) is 2. The summed E-state index contributed by atoms with van der Waals surface area (Å²) >= 11 is 1.63. The van der Waals surface area contributed by atoms with Gasteiger partial charge in [0.25, 0.3) is 0 Å². The highest BCUT2D eigenvalue weighted by molar-refractivity contribution is 7.97. The molecule has 6 heteroatoms. The van der Waals surface area contributed by atoms with Gasteiger partial charge in [-0.15, -0.1) is 0 Å². The molecule has 0 saturated heterocycles. The molecule has 2 aromatic rings. The standard InChI is InChI=1S/C29H41N3O2S/c1-5-7-14-28(31-29(22-33)17-10-11-18-29)32(4)20-23-15-16-25(24(19-23)21-34-6-2)26-12-8-9-13-27(26)35-30-3/h8-9,12-13,15-16,19,22,30H,5-7,10-11,14,17-18,20-21H2,1-4H3/b31-28-. The number of rotatable bonds is 13. The van der Waals surface area contributed by atoms with Gasteiger partial charge < -0.3 is 14.4 Å². The fourth-order valence-electron chi connectivity index (χ4n) is 4.76. The fraction of sp³-hybridized carbons (Fsp3) is 0.517. The predicted molar refractivity (Wildman–Crippen MR) is 148 cm³/mol. The molecule has 1 aliphatic rings. The van der Waals surface area contributed by atoms with Crippen LogP contribution in [0.4, 0.5) is 0 Å². The van der Waals surface area contributed by atoms with Gasteiger partial charge in [0.05, 0.1) is 6.61 Å². The molecule has 0 bridgehead atoms. The van der Waals surface area contributed by atoms with Gasteiger partial charge in [-0.3, -0.25) is 9.71 Å². The van der Waals surface area contributed by atoms with E-state index in [0.717, 1.165) is 63.6 Å². The molecule has 1 saturated carbocycles. The van der Waals surface area contributed by atoms with Crippen molar-refractivity contribution in [2.45, 2.75) is 82.4 Å². The SMILES string of the molecule is CCCC/C(=N/C1(C=O)CCCC1)N(C)Cc1ccc(-c2ccccc2SNC)c(COCC)c1. The molecular weight excluding hydrogens is 454 g/mol. The van der Waals surface area contributed by atoms with E-state index in [2.05, 4.69) is 66.1 Å². The Morgan fingerprint density at radius 2 is 1.94 bits per heavy atom. The molecule has 0 unspecified atom stereocenters. The van der Waals surface area contributed by atoms with Gasteiger partial charge in [0.1, 0.15) is 17.7 Å². The molecule has 1 fully saturated rings. The maximum atomic E-state index is 12.0. The Balaban J connectivity index is 1.90. The third-order valence-corrected chi connectivity index (χ3v) is 7.46. The van der Waals surface area contributed by atoms with Crippen molar-refractivity contribution in [2.24, 2.45) is 4.99 Å². The minimum Gasteiger partial charge on any atom is -0.377 e. The molecule has 0 aliphatic heterocycles. The summed E-state index contributed by atoms with van der Waals surface area (Å²) in [5.74, 6) is 1.05. The molecule has 5 nitrogen and oxygen atoms in total. The van der Waals surface area contributed by atoms with Crippen molar-refractivity contribution < 1.29 is 9.53 Å². The van der Waals surface area contributed by atoms with Gasteiger partial charge in [-0.05, 0) is 73.5 Å². The van der Waals surface area contributed by atoms with Crippen molar-refractivity contribution >= 4 is 24.1 Å². The second-order valence-corrected chi connectivity index (χ2v) is 10.4. The van der Waals surface area contributed by atoms with Gasteiger partial charge in [-0.25, -0.2) is 0 Å². The first-order chi connectivity index (χ1) is 17.1. The number of amidine groups is 1. The van der Waals surface area contributed by atoms with E-state index in [1.165, 1.54) is 27.1 Å². The first-order valence-electron chi connectivity index (χ1n) is 12.9. The van der Waals surface area contributed by atoms with E-state index < -0.39 is 5.54 Å². The zero-order valence-electron chi connectivity index (χ0n) is 21.8. The molecule has 0 atom stereocenters. The van der Waals surface area contributed by atoms with Crippen molar-refractivity contribution in [1.82, 2.24) is 9.62 Å².